The van der Waals surface area contributed by atoms with Crippen molar-refractivity contribution in [2.75, 3.05) is 6.61 Å². The number of ether oxygens (including phenoxy) is 1. The summed E-state index contributed by atoms with van der Waals surface area (Å²) in [5.74, 6) is -1.35. The molecule has 0 bridgehead atoms. The van der Waals surface area contributed by atoms with Crippen LogP contribution in [0, 0.1) is 5.92 Å². The minimum absolute atomic E-state index is 0.0778. The van der Waals surface area contributed by atoms with Crippen molar-refractivity contribution in [2.24, 2.45) is 5.92 Å². The van der Waals surface area contributed by atoms with Gasteiger partial charge in [0.25, 0.3) is 5.91 Å². The number of hydrazine groups is 1. The molecular weight excluding hydrogens is 312 g/mol. The zero-order chi connectivity index (χ0) is 17.9. The van der Waals surface area contributed by atoms with Crippen LogP contribution in [0.2, 0.25) is 0 Å². The minimum Gasteiger partial charge on any atom is -0.466 e. The van der Waals surface area contributed by atoms with Gasteiger partial charge in [0.1, 0.15) is 0 Å². The van der Waals surface area contributed by atoms with Gasteiger partial charge in [0.05, 0.1) is 19.1 Å². The number of carbonyl (C=O) groups is 3. The third-order valence-electron chi connectivity index (χ3n) is 4.31. The van der Waals surface area contributed by atoms with E-state index in [4.69, 9.17) is 9.84 Å². The van der Waals surface area contributed by atoms with Crippen LogP contribution in [0.3, 0.4) is 0 Å². The van der Waals surface area contributed by atoms with E-state index < -0.39 is 17.9 Å². The fourth-order valence-corrected chi connectivity index (χ4v) is 3.12. The van der Waals surface area contributed by atoms with Gasteiger partial charge in [-0.25, -0.2) is 9.80 Å². The highest BCUT2D eigenvalue weighted by atomic mass is 16.5. The molecule has 1 heterocycles. The average molecular weight is 334 g/mol. The largest absolute Gasteiger partial charge is 0.466 e. The number of nitrogens with zero attached hydrogens (tertiary/aromatic N) is 1. The Bertz CT molecular complexity index is 658. The highest BCUT2D eigenvalue weighted by molar-refractivity contribution is 5.99. The van der Waals surface area contributed by atoms with Gasteiger partial charge in [-0.05, 0) is 30.4 Å². The summed E-state index contributed by atoms with van der Waals surface area (Å²) in [7, 11) is 0. The van der Waals surface area contributed by atoms with Gasteiger partial charge in [0.15, 0.2) is 0 Å². The van der Waals surface area contributed by atoms with E-state index in [2.05, 4.69) is 5.43 Å². The summed E-state index contributed by atoms with van der Waals surface area (Å²) in [5, 5.41) is 9.93. The molecule has 0 aromatic heterocycles. The molecule has 2 N–H and O–H groups in total. The number of rotatable bonds is 5. The van der Waals surface area contributed by atoms with Crippen LogP contribution in [0.25, 0.3) is 0 Å². The lowest BCUT2D eigenvalue weighted by Crippen LogP contribution is -2.49. The first-order chi connectivity index (χ1) is 11.4. The standard InChI is InChI=1S/C17H22N2O5/c1-4-12(10(3)16(21)24-5-2)13-8-6-7-11-9-19(17(22)23)18-15(20)14(11)13/h6-8,10,12H,4-5,9H2,1-3H3,(H,18,20)(H,22,23)/t10-,12+/m0/s1. The maximum atomic E-state index is 12.4. The van der Waals surface area contributed by atoms with Gasteiger partial charge in [-0.15, -0.1) is 0 Å². The normalized spacial score (nSPS) is 16.0. The molecule has 1 aliphatic rings. The van der Waals surface area contributed by atoms with Crippen molar-refractivity contribution in [1.29, 1.82) is 0 Å². The van der Waals surface area contributed by atoms with E-state index in [-0.39, 0.29) is 18.4 Å². The maximum absolute atomic E-state index is 12.4. The van der Waals surface area contributed by atoms with Gasteiger partial charge in [0.2, 0.25) is 0 Å². The molecule has 130 valence electrons. The second-order valence-electron chi connectivity index (χ2n) is 5.75. The Kier molecular flexibility index (Phi) is 5.43. The summed E-state index contributed by atoms with van der Waals surface area (Å²) in [4.78, 5) is 35.6. The molecule has 2 atom stereocenters. The van der Waals surface area contributed by atoms with Crippen molar-refractivity contribution in [3.05, 3.63) is 34.9 Å². The van der Waals surface area contributed by atoms with Gasteiger partial charge in [-0.2, -0.15) is 0 Å². The average Bonchev–Trinajstić information content (AvgIpc) is 2.55. The lowest BCUT2D eigenvalue weighted by molar-refractivity contribution is -0.148. The smallest absolute Gasteiger partial charge is 0.426 e. The Morgan fingerprint density at radius 2 is 2.08 bits per heavy atom. The topological polar surface area (TPSA) is 95.9 Å². The van der Waals surface area contributed by atoms with Crippen molar-refractivity contribution in [3.8, 4) is 0 Å². The molecule has 0 spiro atoms. The lowest BCUT2D eigenvalue weighted by atomic mass is 9.81. The second kappa shape index (κ2) is 7.33. The molecule has 0 saturated carbocycles. The van der Waals surface area contributed by atoms with Crippen LogP contribution in [0.1, 0.15) is 54.6 Å². The number of hydrogen-bond acceptors (Lipinski definition) is 4. The molecule has 24 heavy (non-hydrogen) atoms. The summed E-state index contributed by atoms with van der Waals surface area (Å²) in [6.45, 7) is 5.87. The summed E-state index contributed by atoms with van der Waals surface area (Å²) in [6.07, 6.45) is -0.557. The number of esters is 1. The van der Waals surface area contributed by atoms with E-state index in [1.807, 2.05) is 13.0 Å². The van der Waals surface area contributed by atoms with Gasteiger partial charge < -0.3 is 9.84 Å². The molecule has 0 radical (unpaired) electrons. The van der Waals surface area contributed by atoms with Crippen molar-refractivity contribution < 1.29 is 24.2 Å². The van der Waals surface area contributed by atoms with Crippen LogP contribution in [0.15, 0.2) is 18.2 Å². The van der Waals surface area contributed by atoms with Crippen LogP contribution in [-0.2, 0) is 16.1 Å². The first-order valence-corrected chi connectivity index (χ1v) is 8.00. The SMILES string of the molecule is CCOC(=O)[C@@H](C)[C@@H](CC)c1cccc2c1C(=O)NN(C(=O)O)C2. The number of carboxylic acid groups (broad SMARTS) is 1. The summed E-state index contributed by atoms with van der Waals surface area (Å²) in [6, 6.07) is 5.33. The predicted molar refractivity (Wildman–Crippen MR) is 86.3 cm³/mol. The summed E-state index contributed by atoms with van der Waals surface area (Å²) in [5.41, 5.74) is 4.20. The third kappa shape index (κ3) is 3.34. The monoisotopic (exact) mass is 334 g/mol. The highest BCUT2D eigenvalue weighted by Crippen LogP contribution is 2.34. The quantitative estimate of drug-likeness (QED) is 0.807. The van der Waals surface area contributed by atoms with Crippen LogP contribution in [0.5, 0.6) is 0 Å². The molecule has 1 aromatic rings. The predicted octanol–water partition coefficient (Wildman–Crippen LogP) is 2.52. The zero-order valence-electron chi connectivity index (χ0n) is 14.0. The molecule has 2 amide bonds. The Labute approximate surface area is 140 Å². The van der Waals surface area contributed by atoms with E-state index in [1.165, 1.54) is 0 Å². The number of hydrogen-bond donors (Lipinski definition) is 2. The number of fused-ring (bicyclic) bond motifs is 1. The molecule has 7 nitrogen and oxygen atoms in total. The van der Waals surface area contributed by atoms with Crippen molar-refractivity contribution >= 4 is 18.0 Å². The number of benzene rings is 1. The highest BCUT2D eigenvalue weighted by Gasteiger charge is 2.33. The Hall–Kier alpha value is -2.57. The van der Waals surface area contributed by atoms with Crippen LogP contribution in [0.4, 0.5) is 4.79 Å². The third-order valence-corrected chi connectivity index (χ3v) is 4.31. The summed E-state index contributed by atoms with van der Waals surface area (Å²) < 4.78 is 5.10. The van der Waals surface area contributed by atoms with Gasteiger partial charge in [-0.1, -0.05) is 32.0 Å². The Morgan fingerprint density at radius 3 is 2.67 bits per heavy atom. The minimum atomic E-state index is -1.22. The fraction of sp³-hybridized carbons (Fsp3) is 0.471. The van der Waals surface area contributed by atoms with Crippen molar-refractivity contribution in [2.45, 2.75) is 39.7 Å². The van der Waals surface area contributed by atoms with Crippen LogP contribution < -0.4 is 5.43 Å². The molecule has 0 unspecified atom stereocenters. The number of amides is 2. The van der Waals surface area contributed by atoms with E-state index in [1.54, 1.807) is 26.0 Å². The first kappa shape index (κ1) is 17.8. The van der Waals surface area contributed by atoms with Gasteiger partial charge in [0, 0.05) is 5.56 Å². The lowest BCUT2D eigenvalue weighted by Gasteiger charge is -2.31. The fourth-order valence-electron chi connectivity index (χ4n) is 3.12. The van der Waals surface area contributed by atoms with Crippen LogP contribution in [-0.4, -0.2) is 34.7 Å². The van der Waals surface area contributed by atoms with E-state index in [0.717, 1.165) is 10.6 Å². The molecule has 0 fully saturated rings. The molecule has 0 saturated heterocycles. The van der Waals surface area contributed by atoms with E-state index >= 15 is 0 Å². The van der Waals surface area contributed by atoms with Gasteiger partial charge >= 0.3 is 12.1 Å². The maximum Gasteiger partial charge on any atom is 0.426 e. The number of carbonyl (C=O) groups excluding carboxylic acids is 2. The number of nitrogens with one attached hydrogen (secondary N) is 1. The second-order valence-corrected chi connectivity index (χ2v) is 5.75. The molecule has 2 rings (SSSR count). The molecular formula is C17H22N2O5. The van der Waals surface area contributed by atoms with Crippen molar-refractivity contribution in [1.82, 2.24) is 10.4 Å². The van der Waals surface area contributed by atoms with E-state index in [9.17, 15) is 14.4 Å². The molecule has 7 heteroatoms. The Balaban J connectivity index is 2.41. The first-order valence-electron chi connectivity index (χ1n) is 8.00. The van der Waals surface area contributed by atoms with Gasteiger partial charge in [-0.3, -0.25) is 15.0 Å². The van der Waals surface area contributed by atoms with Crippen LogP contribution >= 0.6 is 0 Å². The molecule has 1 aliphatic heterocycles. The molecule has 1 aromatic carbocycles. The van der Waals surface area contributed by atoms with Crippen molar-refractivity contribution in [3.63, 3.8) is 0 Å². The zero-order valence-corrected chi connectivity index (χ0v) is 14.0. The summed E-state index contributed by atoms with van der Waals surface area (Å²) >= 11 is 0. The molecule has 0 aliphatic carbocycles. The Morgan fingerprint density at radius 1 is 1.38 bits per heavy atom. The van der Waals surface area contributed by atoms with E-state index in [0.29, 0.717) is 24.2 Å².